The molecule has 0 aliphatic carbocycles. The van der Waals surface area contributed by atoms with Crippen molar-refractivity contribution in [1.82, 2.24) is 5.32 Å². The van der Waals surface area contributed by atoms with Crippen LogP contribution in [0, 0.1) is 0 Å². The van der Waals surface area contributed by atoms with Gasteiger partial charge in [-0.2, -0.15) is 0 Å². The standard InChI is InChI=1S/C8H19N3O3/c1-7(8(9)11-12)10-3-4-14-6-5-13-2/h7,10,12H,3-6H2,1-2H3,(H2,9,11). The number of amidine groups is 1. The lowest BCUT2D eigenvalue weighted by Crippen LogP contribution is -2.40. The first-order chi connectivity index (χ1) is 6.72. The van der Waals surface area contributed by atoms with Gasteiger partial charge in [0.1, 0.15) is 0 Å². The topological polar surface area (TPSA) is 89.1 Å². The molecule has 0 saturated carbocycles. The lowest BCUT2D eigenvalue weighted by atomic mass is 10.3. The molecule has 1 unspecified atom stereocenters. The van der Waals surface area contributed by atoms with Crippen LogP contribution >= 0.6 is 0 Å². The zero-order valence-electron chi connectivity index (χ0n) is 8.69. The number of nitrogens with one attached hydrogen (secondary N) is 1. The molecule has 0 amide bonds. The zero-order valence-corrected chi connectivity index (χ0v) is 8.69. The number of oxime groups is 1. The van der Waals surface area contributed by atoms with E-state index < -0.39 is 0 Å². The first-order valence-electron chi connectivity index (χ1n) is 4.49. The van der Waals surface area contributed by atoms with E-state index in [1.165, 1.54) is 0 Å². The summed E-state index contributed by atoms with van der Waals surface area (Å²) in [5, 5.41) is 14.3. The van der Waals surface area contributed by atoms with Gasteiger partial charge < -0.3 is 25.7 Å². The number of hydrogen-bond donors (Lipinski definition) is 3. The highest BCUT2D eigenvalue weighted by Crippen LogP contribution is 1.81. The van der Waals surface area contributed by atoms with Crippen LogP contribution in [0.25, 0.3) is 0 Å². The molecular weight excluding hydrogens is 186 g/mol. The summed E-state index contributed by atoms with van der Waals surface area (Å²) in [5.74, 6) is 0.168. The van der Waals surface area contributed by atoms with Crippen molar-refractivity contribution >= 4 is 5.84 Å². The van der Waals surface area contributed by atoms with Crippen LogP contribution < -0.4 is 11.1 Å². The third-order valence-electron chi connectivity index (χ3n) is 1.69. The summed E-state index contributed by atoms with van der Waals surface area (Å²) in [7, 11) is 1.63. The number of rotatable bonds is 8. The van der Waals surface area contributed by atoms with Crippen LogP contribution in [0.5, 0.6) is 0 Å². The van der Waals surface area contributed by atoms with Crippen molar-refractivity contribution in [3.05, 3.63) is 0 Å². The molecule has 0 rings (SSSR count). The number of hydrogen-bond acceptors (Lipinski definition) is 5. The number of methoxy groups -OCH3 is 1. The van der Waals surface area contributed by atoms with E-state index in [2.05, 4.69) is 10.5 Å². The molecule has 0 aromatic carbocycles. The SMILES string of the molecule is COCCOCCNC(C)C(N)=NO. The second-order valence-corrected chi connectivity index (χ2v) is 2.81. The van der Waals surface area contributed by atoms with E-state index in [-0.39, 0.29) is 11.9 Å². The van der Waals surface area contributed by atoms with E-state index in [4.69, 9.17) is 20.4 Å². The molecule has 0 spiro atoms. The smallest absolute Gasteiger partial charge is 0.156 e. The van der Waals surface area contributed by atoms with E-state index in [1.54, 1.807) is 7.11 Å². The zero-order chi connectivity index (χ0) is 10.8. The minimum Gasteiger partial charge on any atom is -0.409 e. The summed E-state index contributed by atoms with van der Waals surface area (Å²) in [6.07, 6.45) is 0. The fourth-order valence-corrected chi connectivity index (χ4v) is 0.783. The summed E-state index contributed by atoms with van der Waals surface area (Å²) in [5.41, 5.74) is 5.36. The molecule has 6 nitrogen and oxygen atoms in total. The van der Waals surface area contributed by atoms with Crippen molar-refractivity contribution in [3.63, 3.8) is 0 Å². The Hall–Kier alpha value is -0.850. The van der Waals surface area contributed by atoms with Crippen LogP contribution in [0.1, 0.15) is 6.92 Å². The average Bonchev–Trinajstić information content (AvgIpc) is 2.21. The minimum absolute atomic E-state index is 0.147. The Balaban J connectivity index is 3.27. The molecule has 0 radical (unpaired) electrons. The van der Waals surface area contributed by atoms with E-state index >= 15 is 0 Å². The fourth-order valence-electron chi connectivity index (χ4n) is 0.783. The summed E-state index contributed by atoms with van der Waals surface area (Å²) >= 11 is 0. The summed E-state index contributed by atoms with van der Waals surface area (Å²) in [6, 6.07) is -0.147. The lowest BCUT2D eigenvalue weighted by Gasteiger charge is -2.11. The van der Waals surface area contributed by atoms with Crippen LogP contribution in [-0.2, 0) is 9.47 Å². The van der Waals surface area contributed by atoms with E-state index in [0.717, 1.165) is 0 Å². The van der Waals surface area contributed by atoms with Gasteiger partial charge in [0.05, 0.1) is 25.9 Å². The maximum absolute atomic E-state index is 8.35. The van der Waals surface area contributed by atoms with Crippen molar-refractivity contribution in [2.24, 2.45) is 10.9 Å². The largest absolute Gasteiger partial charge is 0.409 e. The van der Waals surface area contributed by atoms with Gasteiger partial charge in [-0.05, 0) is 6.92 Å². The average molecular weight is 205 g/mol. The maximum atomic E-state index is 8.35. The maximum Gasteiger partial charge on any atom is 0.156 e. The van der Waals surface area contributed by atoms with Crippen LogP contribution in [0.15, 0.2) is 5.16 Å². The van der Waals surface area contributed by atoms with Crippen molar-refractivity contribution in [3.8, 4) is 0 Å². The van der Waals surface area contributed by atoms with Gasteiger partial charge in [-0.3, -0.25) is 0 Å². The molecular formula is C8H19N3O3. The van der Waals surface area contributed by atoms with E-state index in [9.17, 15) is 0 Å². The number of nitrogens with two attached hydrogens (primary N) is 1. The van der Waals surface area contributed by atoms with Crippen molar-refractivity contribution in [2.75, 3.05) is 33.5 Å². The van der Waals surface area contributed by atoms with Crippen LogP contribution in [0.2, 0.25) is 0 Å². The molecule has 14 heavy (non-hydrogen) atoms. The molecule has 0 heterocycles. The molecule has 6 heteroatoms. The molecule has 0 aromatic heterocycles. The van der Waals surface area contributed by atoms with Crippen molar-refractivity contribution in [1.29, 1.82) is 0 Å². The van der Waals surface area contributed by atoms with Gasteiger partial charge in [0, 0.05) is 13.7 Å². The molecule has 1 atom stereocenters. The van der Waals surface area contributed by atoms with Crippen molar-refractivity contribution in [2.45, 2.75) is 13.0 Å². The monoisotopic (exact) mass is 205 g/mol. The van der Waals surface area contributed by atoms with Gasteiger partial charge in [-0.15, -0.1) is 0 Å². The van der Waals surface area contributed by atoms with Gasteiger partial charge in [0.15, 0.2) is 5.84 Å². The molecule has 0 aliphatic heterocycles. The van der Waals surface area contributed by atoms with E-state index in [0.29, 0.717) is 26.4 Å². The predicted octanol–water partition coefficient (Wildman–Crippen LogP) is -0.626. The number of ether oxygens (including phenoxy) is 2. The Morgan fingerprint density at radius 1 is 1.50 bits per heavy atom. The van der Waals surface area contributed by atoms with Crippen LogP contribution in [0.4, 0.5) is 0 Å². The number of nitrogens with zero attached hydrogens (tertiary/aromatic N) is 1. The third kappa shape index (κ3) is 6.64. The molecule has 0 aromatic rings. The second kappa shape index (κ2) is 8.74. The third-order valence-corrected chi connectivity index (χ3v) is 1.69. The Morgan fingerprint density at radius 3 is 2.79 bits per heavy atom. The first kappa shape index (κ1) is 13.2. The molecule has 4 N–H and O–H groups in total. The summed E-state index contributed by atoms with van der Waals surface area (Å²) < 4.78 is 10.0. The van der Waals surface area contributed by atoms with Crippen LogP contribution in [0.3, 0.4) is 0 Å². The van der Waals surface area contributed by atoms with Gasteiger partial charge in [0.2, 0.25) is 0 Å². The molecule has 0 aliphatic rings. The summed E-state index contributed by atoms with van der Waals surface area (Å²) in [4.78, 5) is 0. The van der Waals surface area contributed by atoms with Gasteiger partial charge >= 0.3 is 0 Å². The normalized spacial score (nSPS) is 14.3. The fraction of sp³-hybridized carbons (Fsp3) is 0.875. The highest BCUT2D eigenvalue weighted by atomic mass is 16.5. The Labute approximate surface area is 84.1 Å². The Kier molecular flexibility index (Phi) is 8.20. The lowest BCUT2D eigenvalue weighted by molar-refractivity contribution is 0.0717. The first-order valence-corrected chi connectivity index (χ1v) is 4.49. The molecule has 0 saturated heterocycles. The highest BCUT2D eigenvalue weighted by molar-refractivity contribution is 5.84. The Morgan fingerprint density at radius 2 is 2.21 bits per heavy atom. The van der Waals surface area contributed by atoms with Gasteiger partial charge in [0.25, 0.3) is 0 Å². The van der Waals surface area contributed by atoms with E-state index in [1.807, 2.05) is 6.92 Å². The van der Waals surface area contributed by atoms with Gasteiger partial charge in [-0.25, -0.2) is 0 Å². The minimum atomic E-state index is -0.147. The van der Waals surface area contributed by atoms with Gasteiger partial charge in [-0.1, -0.05) is 5.16 Å². The van der Waals surface area contributed by atoms with Crippen molar-refractivity contribution < 1.29 is 14.7 Å². The summed E-state index contributed by atoms with van der Waals surface area (Å²) in [6.45, 7) is 4.21. The quantitative estimate of drug-likeness (QED) is 0.161. The second-order valence-electron chi connectivity index (χ2n) is 2.81. The highest BCUT2D eigenvalue weighted by Gasteiger charge is 2.04. The Bertz CT molecular complexity index is 164. The van der Waals surface area contributed by atoms with Crippen LogP contribution in [-0.4, -0.2) is 50.6 Å². The molecule has 0 fully saturated rings. The molecule has 0 bridgehead atoms. The molecule has 84 valence electrons. The predicted molar refractivity (Wildman–Crippen MR) is 53.6 cm³/mol.